The molecule has 0 radical (unpaired) electrons. The lowest BCUT2D eigenvalue weighted by molar-refractivity contribution is -0.132. The van der Waals surface area contributed by atoms with Crippen LogP contribution in [0.5, 0.6) is 0 Å². The molecule has 3 amide bonds. The van der Waals surface area contributed by atoms with E-state index in [-0.39, 0.29) is 36.7 Å². The van der Waals surface area contributed by atoms with E-state index in [1.165, 1.54) is 16.9 Å². The van der Waals surface area contributed by atoms with Crippen LogP contribution in [-0.2, 0) is 22.6 Å². The number of anilines is 1. The minimum Gasteiger partial charge on any atom is -0.340 e. The molecule has 198 valence electrons. The third-order valence-electron chi connectivity index (χ3n) is 7.04. The summed E-state index contributed by atoms with van der Waals surface area (Å²) in [5.74, 6) is -0.341. The summed E-state index contributed by atoms with van der Waals surface area (Å²) in [6, 6.07) is 17.9. The fourth-order valence-electron chi connectivity index (χ4n) is 4.74. The Morgan fingerprint density at radius 3 is 2.42 bits per heavy atom. The van der Waals surface area contributed by atoms with E-state index in [9.17, 15) is 14.4 Å². The Kier molecular flexibility index (Phi) is 8.14. The number of nitrogens with zero attached hydrogens (tertiary/aromatic N) is 4. The second kappa shape index (κ2) is 11.9. The number of thiazole rings is 1. The largest absolute Gasteiger partial charge is 0.340 e. The first-order valence-corrected chi connectivity index (χ1v) is 14.0. The van der Waals surface area contributed by atoms with Crippen molar-refractivity contribution in [3.8, 4) is 0 Å². The Labute approximate surface area is 227 Å². The molecule has 5 rings (SSSR count). The van der Waals surface area contributed by atoms with Crippen molar-refractivity contribution in [3.05, 3.63) is 82.4 Å². The maximum Gasteiger partial charge on any atom is 0.254 e. The topological polar surface area (TPSA) is 85.8 Å². The van der Waals surface area contributed by atoms with E-state index in [4.69, 9.17) is 0 Å². The van der Waals surface area contributed by atoms with Gasteiger partial charge in [-0.2, -0.15) is 0 Å². The monoisotopic (exact) mass is 531 g/mol. The normalized spacial score (nSPS) is 15.8. The van der Waals surface area contributed by atoms with Gasteiger partial charge in [-0.25, -0.2) is 4.98 Å². The molecule has 1 aliphatic heterocycles. The molecule has 2 aromatic carbocycles. The van der Waals surface area contributed by atoms with Crippen molar-refractivity contribution in [2.24, 2.45) is 0 Å². The quantitative estimate of drug-likeness (QED) is 0.456. The molecule has 1 saturated carbocycles. The van der Waals surface area contributed by atoms with Crippen molar-refractivity contribution in [2.45, 2.75) is 38.8 Å². The summed E-state index contributed by atoms with van der Waals surface area (Å²) in [5.41, 5.74) is 3.46. The van der Waals surface area contributed by atoms with Crippen molar-refractivity contribution in [3.63, 3.8) is 0 Å². The molecule has 2 fully saturated rings. The summed E-state index contributed by atoms with van der Waals surface area (Å²) in [7, 11) is 0. The highest BCUT2D eigenvalue weighted by molar-refractivity contribution is 7.13. The first-order valence-electron chi connectivity index (χ1n) is 13.1. The summed E-state index contributed by atoms with van der Waals surface area (Å²) < 4.78 is 0. The van der Waals surface area contributed by atoms with Crippen LogP contribution in [0.25, 0.3) is 0 Å². The number of amides is 3. The van der Waals surface area contributed by atoms with E-state index < -0.39 is 0 Å². The van der Waals surface area contributed by atoms with Crippen LogP contribution in [-0.4, -0.2) is 76.2 Å². The highest BCUT2D eigenvalue weighted by atomic mass is 32.1. The minimum atomic E-state index is -0.277. The second-order valence-corrected chi connectivity index (χ2v) is 10.8. The number of carbonyl (C=O) groups excluding carboxylic acids is 3. The van der Waals surface area contributed by atoms with E-state index in [1.54, 1.807) is 11.0 Å². The van der Waals surface area contributed by atoms with Crippen LogP contribution in [0.3, 0.4) is 0 Å². The van der Waals surface area contributed by atoms with Crippen LogP contribution < -0.4 is 5.32 Å². The third kappa shape index (κ3) is 6.65. The van der Waals surface area contributed by atoms with Crippen LogP contribution in [0.1, 0.15) is 40.0 Å². The summed E-state index contributed by atoms with van der Waals surface area (Å²) >= 11 is 1.30. The van der Waals surface area contributed by atoms with E-state index in [0.717, 1.165) is 38.0 Å². The fourth-order valence-corrected chi connectivity index (χ4v) is 5.47. The predicted octanol–water partition coefficient (Wildman–Crippen LogP) is 3.58. The van der Waals surface area contributed by atoms with Gasteiger partial charge in [-0.05, 0) is 37.0 Å². The van der Waals surface area contributed by atoms with E-state index >= 15 is 0 Å². The van der Waals surface area contributed by atoms with Gasteiger partial charge in [0.25, 0.3) is 5.91 Å². The number of rotatable bonds is 9. The van der Waals surface area contributed by atoms with Gasteiger partial charge < -0.3 is 15.1 Å². The summed E-state index contributed by atoms with van der Waals surface area (Å²) in [6.45, 7) is 5.87. The van der Waals surface area contributed by atoms with Gasteiger partial charge in [0.15, 0.2) is 5.13 Å². The number of aryl methyl sites for hydroxylation is 1. The molecular formula is C29H33N5O3S. The number of carbonyl (C=O) groups is 3. The molecule has 0 unspecified atom stereocenters. The zero-order chi connectivity index (χ0) is 26.5. The van der Waals surface area contributed by atoms with Crippen LogP contribution in [0.4, 0.5) is 5.13 Å². The number of hydrogen-bond donors (Lipinski definition) is 1. The molecule has 3 aromatic rings. The molecule has 1 aromatic heterocycles. The first-order chi connectivity index (χ1) is 18.5. The molecule has 2 heterocycles. The zero-order valence-corrected chi connectivity index (χ0v) is 22.5. The van der Waals surface area contributed by atoms with Crippen LogP contribution in [0, 0.1) is 6.92 Å². The summed E-state index contributed by atoms with van der Waals surface area (Å²) in [6.07, 6.45) is 2.04. The van der Waals surface area contributed by atoms with Gasteiger partial charge in [-0.15, -0.1) is 11.3 Å². The molecule has 8 nitrogen and oxygen atoms in total. The lowest BCUT2D eigenvalue weighted by atomic mass is 10.1. The van der Waals surface area contributed by atoms with Gasteiger partial charge >= 0.3 is 0 Å². The third-order valence-corrected chi connectivity index (χ3v) is 7.85. The molecule has 1 N–H and O–H groups in total. The van der Waals surface area contributed by atoms with E-state index in [0.29, 0.717) is 29.5 Å². The predicted molar refractivity (Wildman–Crippen MR) is 148 cm³/mol. The number of aromatic nitrogens is 1. The SMILES string of the molecule is Cc1ccccc1C(=O)N(CC(=O)Nc1nc(CC(=O)N2CCN(Cc3ccccc3)CC2)cs1)C1CC1. The van der Waals surface area contributed by atoms with Crippen molar-refractivity contribution in [1.29, 1.82) is 0 Å². The van der Waals surface area contributed by atoms with Crippen molar-refractivity contribution < 1.29 is 14.4 Å². The van der Waals surface area contributed by atoms with Gasteiger partial charge in [0, 0.05) is 49.7 Å². The Hall–Kier alpha value is -3.56. The number of nitrogens with one attached hydrogen (secondary N) is 1. The Morgan fingerprint density at radius 2 is 1.71 bits per heavy atom. The standard InChI is InChI=1S/C29H33N5O3S/c1-21-7-5-6-10-25(21)28(37)34(24-11-12-24)19-26(35)31-29-30-23(20-38-29)17-27(36)33-15-13-32(14-16-33)18-22-8-3-2-4-9-22/h2-10,20,24H,11-19H2,1H3,(H,30,31,35). The molecule has 0 bridgehead atoms. The molecule has 1 saturated heterocycles. The Bertz CT molecular complexity index is 1280. The fraction of sp³-hybridized carbons (Fsp3) is 0.379. The molecular weight excluding hydrogens is 498 g/mol. The van der Waals surface area contributed by atoms with Gasteiger partial charge in [0.05, 0.1) is 12.1 Å². The van der Waals surface area contributed by atoms with Crippen LogP contribution in [0.15, 0.2) is 60.0 Å². The lowest BCUT2D eigenvalue weighted by Crippen LogP contribution is -2.48. The molecule has 9 heteroatoms. The van der Waals surface area contributed by atoms with Crippen LogP contribution >= 0.6 is 11.3 Å². The van der Waals surface area contributed by atoms with Gasteiger partial charge in [0.2, 0.25) is 11.8 Å². The number of piperazine rings is 1. The van der Waals surface area contributed by atoms with Gasteiger partial charge in [-0.1, -0.05) is 48.5 Å². The molecule has 0 atom stereocenters. The molecule has 38 heavy (non-hydrogen) atoms. The van der Waals surface area contributed by atoms with Crippen molar-refractivity contribution in [1.82, 2.24) is 19.7 Å². The van der Waals surface area contributed by atoms with E-state index in [2.05, 4.69) is 27.3 Å². The maximum atomic E-state index is 13.1. The summed E-state index contributed by atoms with van der Waals surface area (Å²) in [5, 5.41) is 5.09. The first kappa shape index (κ1) is 26.1. The molecule has 1 aliphatic carbocycles. The molecule has 2 aliphatic rings. The van der Waals surface area contributed by atoms with Crippen LogP contribution in [0.2, 0.25) is 0 Å². The Morgan fingerprint density at radius 1 is 1.00 bits per heavy atom. The van der Waals surface area contributed by atoms with Crippen molar-refractivity contribution >= 4 is 34.2 Å². The van der Waals surface area contributed by atoms with Crippen molar-refractivity contribution in [2.75, 3.05) is 38.0 Å². The zero-order valence-electron chi connectivity index (χ0n) is 21.6. The Balaban J connectivity index is 1.10. The average Bonchev–Trinajstić information content (AvgIpc) is 3.68. The smallest absolute Gasteiger partial charge is 0.254 e. The maximum absolute atomic E-state index is 13.1. The molecule has 0 spiro atoms. The number of hydrogen-bond acceptors (Lipinski definition) is 6. The highest BCUT2D eigenvalue weighted by Crippen LogP contribution is 2.29. The highest BCUT2D eigenvalue weighted by Gasteiger charge is 2.35. The lowest BCUT2D eigenvalue weighted by Gasteiger charge is -2.34. The summed E-state index contributed by atoms with van der Waals surface area (Å²) in [4.78, 5) is 49.2. The van der Waals surface area contributed by atoms with Gasteiger partial charge in [0.1, 0.15) is 6.54 Å². The van der Waals surface area contributed by atoms with E-state index in [1.807, 2.05) is 53.6 Å². The van der Waals surface area contributed by atoms with Gasteiger partial charge in [-0.3, -0.25) is 19.3 Å². The number of benzene rings is 2. The second-order valence-electron chi connectivity index (χ2n) is 9.99. The minimum absolute atomic E-state index is 0.0149. The average molecular weight is 532 g/mol.